The molecule has 0 amide bonds. The fourth-order valence-corrected chi connectivity index (χ4v) is 3.49. The van der Waals surface area contributed by atoms with Crippen LogP contribution in [0.1, 0.15) is 22.7 Å². The Bertz CT molecular complexity index is 613. The molecule has 20 heavy (non-hydrogen) atoms. The first-order valence-corrected chi connectivity index (χ1v) is 8.12. The average Bonchev–Trinajstić information content (AvgIpc) is 2.42. The van der Waals surface area contributed by atoms with Crippen molar-refractivity contribution in [2.45, 2.75) is 24.8 Å². The van der Waals surface area contributed by atoms with Gasteiger partial charge in [0.2, 0.25) is 0 Å². The Morgan fingerprint density at radius 3 is 2.60 bits per heavy atom. The lowest BCUT2D eigenvalue weighted by molar-refractivity contribution is 0.821. The van der Waals surface area contributed by atoms with Gasteiger partial charge in [0.15, 0.2) is 0 Å². The zero-order valence-electron chi connectivity index (χ0n) is 11.5. The Morgan fingerprint density at radius 1 is 1.10 bits per heavy atom. The fraction of sp³-hybridized carbons (Fsp3) is 0.250. The van der Waals surface area contributed by atoms with E-state index in [4.69, 9.17) is 28.9 Å². The van der Waals surface area contributed by atoms with E-state index < -0.39 is 0 Å². The molecule has 4 heteroatoms. The standard InChI is InChI=1S/C16H17Cl2NS/c1-10-3-4-11(2)13(7-10)15(19)9-20-16-8-12(17)5-6-14(16)18/h3-8,15H,9,19H2,1-2H3. The topological polar surface area (TPSA) is 26.0 Å². The number of benzene rings is 2. The minimum absolute atomic E-state index is 0.0186. The van der Waals surface area contributed by atoms with Gasteiger partial charge in [0.25, 0.3) is 0 Å². The highest BCUT2D eigenvalue weighted by Gasteiger charge is 2.11. The van der Waals surface area contributed by atoms with E-state index in [1.165, 1.54) is 16.7 Å². The zero-order valence-corrected chi connectivity index (χ0v) is 13.8. The van der Waals surface area contributed by atoms with Crippen LogP contribution < -0.4 is 5.73 Å². The second kappa shape index (κ2) is 6.86. The summed E-state index contributed by atoms with van der Waals surface area (Å²) in [5.41, 5.74) is 9.95. The molecule has 0 aromatic heterocycles. The molecule has 0 fully saturated rings. The third-order valence-corrected chi connectivity index (χ3v) is 5.00. The summed E-state index contributed by atoms with van der Waals surface area (Å²) in [5.74, 6) is 0.768. The van der Waals surface area contributed by atoms with Gasteiger partial charge in [0.1, 0.15) is 0 Å². The molecule has 0 radical (unpaired) electrons. The van der Waals surface area contributed by atoms with E-state index >= 15 is 0 Å². The monoisotopic (exact) mass is 325 g/mol. The smallest absolute Gasteiger partial charge is 0.0542 e. The number of thioether (sulfide) groups is 1. The Labute approximate surface area is 134 Å². The number of halogens is 2. The third kappa shape index (κ3) is 3.92. The van der Waals surface area contributed by atoms with E-state index in [0.717, 1.165) is 10.6 Å². The van der Waals surface area contributed by atoms with Crippen molar-refractivity contribution in [3.05, 3.63) is 63.1 Å². The molecule has 1 unspecified atom stereocenters. The summed E-state index contributed by atoms with van der Waals surface area (Å²) < 4.78 is 0. The number of hydrogen-bond acceptors (Lipinski definition) is 2. The van der Waals surface area contributed by atoms with Crippen LogP contribution >= 0.6 is 35.0 Å². The van der Waals surface area contributed by atoms with Crippen molar-refractivity contribution in [2.24, 2.45) is 5.73 Å². The maximum Gasteiger partial charge on any atom is 0.0542 e. The highest BCUT2D eigenvalue weighted by molar-refractivity contribution is 7.99. The maximum absolute atomic E-state index is 6.30. The number of rotatable bonds is 4. The Morgan fingerprint density at radius 2 is 1.85 bits per heavy atom. The molecular formula is C16H17Cl2NS. The quantitative estimate of drug-likeness (QED) is 0.761. The molecule has 0 spiro atoms. The van der Waals surface area contributed by atoms with Crippen molar-refractivity contribution in [3.63, 3.8) is 0 Å². The maximum atomic E-state index is 6.30. The summed E-state index contributed by atoms with van der Waals surface area (Å²) >= 11 is 13.8. The Hall–Kier alpha value is -0.670. The summed E-state index contributed by atoms with van der Waals surface area (Å²) in [6.45, 7) is 4.17. The van der Waals surface area contributed by atoms with E-state index in [0.29, 0.717) is 10.0 Å². The minimum Gasteiger partial charge on any atom is -0.323 e. The van der Waals surface area contributed by atoms with Crippen molar-refractivity contribution in [2.75, 3.05) is 5.75 Å². The molecular weight excluding hydrogens is 309 g/mol. The van der Waals surface area contributed by atoms with Crippen molar-refractivity contribution < 1.29 is 0 Å². The number of nitrogens with two attached hydrogens (primary N) is 1. The lowest BCUT2D eigenvalue weighted by Gasteiger charge is -2.15. The predicted molar refractivity (Wildman–Crippen MR) is 90.0 cm³/mol. The molecule has 2 N–H and O–H groups in total. The normalized spacial score (nSPS) is 12.4. The molecule has 1 nitrogen and oxygen atoms in total. The molecule has 1 atom stereocenters. The van der Waals surface area contributed by atoms with Gasteiger partial charge in [0, 0.05) is 21.7 Å². The second-order valence-electron chi connectivity index (χ2n) is 4.85. The van der Waals surface area contributed by atoms with Gasteiger partial charge in [-0.05, 0) is 43.2 Å². The van der Waals surface area contributed by atoms with Crippen LogP contribution in [0.25, 0.3) is 0 Å². The van der Waals surface area contributed by atoms with Crippen LogP contribution in [0, 0.1) is 13.8 Å². The Kier molecular flexibility index (Phi) is 5.39. The largest absolute Gasteiger partial charge is 0.323 e. The van der Waals surface area contributed by atoms with E-state index in [1.54, 1.807) is 17.8 Å². The van der Waals surface area contributed by atoms with Crippen LogP contribution in [0.2, 0.25) is 10.0 Å². The number of hydrogen-bond donors (Lipinski definition) is 1. The van der Waals surface area contributed by atoms with E-state index in [-0.39, 0.29) is 6.04 Å². The van der Waals surface area contributed by atoms with E-state index in [9.17, 15) is 0 Å². The highest BCUT2D eigenvalue weighted by Crippen LogP contribution is 2.32. The van der Waals surface area contributed by atoms with Crippen LogP contribution in [0.5, 0.6) is 0 Å². The molecule has 0 heterocycles. The molecule has 0 aliphatic heterocycles. The minimum atomic E-state index is -0.0186. The fourth-order valence-electron chi connectivity index (χ4n) is 2.02. The van der Waals surface area contributed by atoms with Gasteiger partial charge in [-0.15, -0.1) is 11.8 Å². The first kappa shape index (κ1) is 15.7. The van der Waals surface area contributed by atoms with Gasteiger partial charge in [0.05, 0.1) is 5.02 Å². The highest BCUT2D eigenvalue weighted by atomic mass is 35.5. The first-order valence-electron chi connectivity index (χ1n) is 6.38. The van der Waals surface area contributed by atoms with Crippen LogP contribution in [0.3, 0.4) is 0 Å². The zero-order chi connectivity index (χ0) is 14.7. The molecule has 0 aliphatic carbocycles. The summed E-state index contributed by atoms with van der Waals surface area (Å²) in [5, 5.41) is 1.41. The third-order valence-electron chi connectivity index (χ3n) is 3.15. The molecule has 0 bridgehead atoms. The van der Waals surface area contributed by atoms with Gasteiger partial charge in [-0.2, -0.15) is 0 Å². The molecule has 0 saturated heterocycles. The van der Waals surface area contributed by atoms with Gasteiger partial charge >= 0.3 is 0 Å². The predicted octanol–water partition coefficient (Wildman–Crippen LogP) is 5.40. The van der Waals surface area contributed by atoms with Crippen molar-refractivity contribution in [1.29, 1.82) is 0 Å². The average molecular weight is 326 g/mol. The molecule has 2 rings (SSSR count). The SMILES string of the molecule is Cc1ccc(C)c(C(N)CSc2cc(Cl)ccc2Cl)c1. The van der Waals surface area contributed by atoms with Gasteiger partial charge in [-0.3, -0.25) is 0 Å². The van der Waals surface area contributed by atoms with Crippen LogP contribution in [-0.2, 0) is 0 Å². The van der Waals surface area contributed by atoms with Crippen molar-refractivity contribution in [3.8, 4) is 0 Å². The van der Waals surface area contributed by atoms with Crippen LogP contribution in [-0.4, -0.2) is 5.75 Å². The molecule has 2 aromatic carbocycles. The van der Waals surface area contributed by atoms with Gasteiger partial charge in [-0.25, -0.2) is 0 Å². The van der Waals surface area contributed by atoms with E-state index in [1.807, 2.05) is 12.1 Å². The lowest BCUT2D eigenvalue weighted by Crippen LogP contribution is -2.14. The second-order valence-corrected chi connectivity index (χ2v) is 6.76. The van der Waals surface area contributed by atoms with Gasteiger partial charge < -0.3 is 5.73 Å². The van der Waals surface area contributed by atoms with Crippen LogP contribution in [0.15, 0.2) is 41.3 Å². The van der Waals surface area contributed by atoms with Crippen molar-refractivity contribution in [1.82, 2.24) is 0 Å². The Balaban J connectivity index is 2.10. The first-order chi connectivity index (χ1) is 9.47. The molecule has 106 valence electrons. The van der Waals surface area contributed by atoms with Gasteiger partial charge in [-0.1, -0.05) is 47.0 Å². The van der Waals surface area contributed by atoms with E-state index in [2.05, 4.69) is 32.0 Å². The van der Waals surface area contributed by atoms with Crippen molar-refractivity contribution >= 4 is 35.0 Å². The molecule has 2 aromatic rings. The summed E-state index contributed by atoms with van der Waals surface area (Å²) in [6, 6.07) is 11.8. The molecule has 0 saturated carbocycles. The molecule has 0 aliphatic rings. The lowest BCUT2D eigenvalue weighted by atomic mass is 10.0. The summed E-state index contributed by atoms with van der Waals surface area (Å²) in [4.78, 5) is 0.972. The summed E-state index contributed by atoms with van der Waals surface area (Å²) in [7, 11) is 0. The van der Waals surface area contributed by atoms with Crippen LogP contribution in [0.4, 0.5) is 0 Å². The number of aryl methyl sites for hydroxylation is 2. The summed E-state index contributed by atoms with van der Waals surface area (Å²) in [6.07, 6.45) is 0.